The first-order chi connectivity index (χ1) is 12.5. The largest absolute Gasteiger partial charge is 0.497 e. The average Bonchev–Trinajstić information content (AvgIpc) is 2.98. The zero-order valence-electron chi connectivity index (χ0n) is 15.0. The van der Waals surface area contributed by atoms with Crippen molar-refractivity contribution in [3.63, 3.8) is 0 Å². The fourth-order valence-electron chi connectivity index (χ4n) is 2.18. The lowest BCUT2D eigenvalue weighted by molar-refractivity contribution is 0.0433. The van der Waals surface area contributed by atoms with Crippen LogP contribution in [0.25, 0.3) is 0 Å². The molecule has 1 heterocycles. The molecule has 0 fully saturated rings. The van der Waals surface area contributed by atoms with E-state index in [1.165, 1.54) is 21.0 Å². The Balaban J connectivity index is 2.37. The number of ether oxygens (including phenoxy) is 2. The van der Waals surface area contributed by atoms with E-state index in [4.69, 9.17) is 14.6 Å². The second-order valence-corrected chi connectivity index (χ2v) is 7.80. The number of rotatable bonds is 7. The first-order valence-electron chi connectivity index (χ1n) is 7.74. The van der Waals surface area contributed by atoms with Crippen molar-refractivity contribution in [3.8, 4) is 5.75 Å². The molecule has 11 heteroatoms. The molecule has 0 saturated carbocycles. The summed E-state index contributed by atoms with van der Waals surface area (Å²) in [6.45, 7) is 2.13. The maximum atomic E-state index is 14.6. The zero-order valence-corrected chi connectivity index (χ0v) is 15.8. The number of primary sulfonamides is 1. The number of methoxy groups -OCH3 is 1. The van der Waals surface area contributed by atoms with Crippen molar-refractivity contribution in [2.75, 3.05) is 13.7 Å². The molecule has 27 heavy (non-hydrogen) atoms. The maximum Gasteiger partial charge on any atom is 0.360 e. The van der Waals surface area contributed by atoms with E-state index in [9.17, 15) is 22.7 Å². The summed E-state index contributed by atoms with van der Waals surface area (Å²) in [6, 6.07) is 6.60. The second kappa shape index (κ2) is 7.62. The van der Waals surface area contributed by atoms with Crippen molar-refractivity contribution in [1.82, 2.24) is 9.78 Å². The van der Waals surface area contributed by atoms with Gasteiger partial charge in [-0.25, -0.2) is 27.4 Å². The smallest absolute Gasteiger partial charge is 0.360 e. The van der Waals surface area contributed by atoms with Crippen LogP contribution in [0, 0.1) is 5.82 Å². The number of aromatic nitrogens is 2. The summed E-state index contributed by atoms with van der Waals surface area (Å²) in [5.41, 5.74) is -1.42. The van der Waals surface area contributed by atoms with Gasteiger partial charge in [-0.05, 0) is 31.5 Å². The van der Waals surface area contributed by atoms with E-state index in [1.54, 1.807) is 24.3 Å². The molecule has 0 saturated heterocycles. The summed E-state index contributed by atoms with van der Waals surface area (Å²) in [7, 11) is -3.02. The van der Waals surface area contributed by atoms with Crippen molar-refractivity contribution < 1.29 is 32.2 Å². The van der Waals surface area contributed by atoms with Crippen LogP contribution in [0.15, 0.2) is 29.3 Å². The summed E-state index contributed by atoms with van der Waals surface area (Å²) in [4.78, 5) is 12.4. The Morgan fingerprint density at radius 2 is 1.93 bits per heavy atom. The molecule has 0 atom stereocenters. The van der Waals surface area contributed by atoms with Gasteiger partial charge in [-0.15, -0.1) is 0 Å². The van der Waals surface area contributed by atoms with Crippen molar-refractivity contribution in [1.29, 1.82) is 0 Å². The molecule has 1 aromatic carbocycles. The highest BCUT2D eigenvalue weighted by atomic mass is 32.2. The van der Waals surface area contributed by atoms with Gasteiger partial charge >= 0.3 is 5.97 Å². The van der Waals surface area contributed by atoms with Crippen molar-refractivity contribution in [3.05, 3.63) is 41.3 Å². The lowest BCUT2D eigenvalue weighted by Crippen LogP contribution is -2.35. The molecule has 2 aromatic rings. The van der Waals surface area contributed by atoms with Gasteiger partial charge in [0.2, 0.25) is 5.03 Å². The highest BCUT2D eigenvalue weighted by molar-refractivity contribution is 7.89. The Morgan fingerprint density at radius 3 is 2.41 bits per heavy atom. The third-order valence-corrected chi connectivity index (χ3v) is 4.55. The molecule has 9 nitrogen and oxygen atoms in total. The van der Waals surface area contributed by atoms with E-state index in [2.05, 4.69) is 5.10 Å². The third-order valence-electron chi connectivity index (χ3n) is 3.75. The number of halogens is 1. The Bertz CT molecular complexity index is 938. The van der Waals surface area contributed by atoms with Gasteiger partial charge in [0.15, 0.2) is 11.5 Å². The predicted molar refractivity (Wildman–Crippen MR) is 92.1 cm³/mol. The highest BCUT2D eigenvalue weighted by Crippen LogP contribution is 2.24. The second-order valence-electron chi connectivity index (χ2n) is 6.32. The molecule has 0 aliphatic carbocycles. The van der Waals surface area contributed by atoms with Gasteiger partial charge in [-0.3, -0.25) is 0 Å². The monoisotopic (exact) mass is 401 g/mol. The summed E-state index contributed by atoms with van der Waals surface area (Å²) < 4.78 is 48.5. The number of aliphatic hydroxyl groups is 1. The van der Waals surface area contributed by atoms with Gasteiger partial charge in [-0.2, -0.15) is 5.10 Å². The van der Waals surface area contributed by atoms with Crippen LogP contribution >= 0.6 is 0 Å². The van der Waals surface area contributed by atoms with Crippen LogP contribution in [0.5, 0.6) is 5.75 Å². The van der Waals surface area contributed by atoms with E-state index in [-0.39, 0.29) is 6.61 Å². The van der Waals surface area contributed by atoms with Crippen molar-refractivity contribution >= 4 is 16.0 Å². The molecule has 0 aliphatic heterocycles. The number of hydrogen-bond acceptors (Lipinski definition) is 7. The van der Waals surface area contributed by atoms with Crippen LogP contribution in [0.2, 0.25) is 0 Å². The van der Waals surface area contributed by atoms with Gasteiger partial charge in [0.25, 0.3) is 10.0 Å². The molecule has 0 unspecified atom stereocenters. The average molecular weight is 401 g/mol. The van der Waals surface area contributed by atoms with E-state index in [1.807, 2.05) is 0 Å². The van der Waals surface area contributed by atoms with Crippen LogP contribution in [0.4, 0.5) is 4.39 Å². The molecule has 0 amide bonds. The molecule has 0 radical (unpaired) electrons. The first kappa shape index (κ1) is 20.8. The Morgan fingerprint density at radius 1 is 1.33 bits per heavy atom. The Kier molecular flexibility index (Phi) is 5.88. The quantitative estimate of drug-likeness (QED) is 0.654. The minimum Gasteiger partial charge on any atom is -0.497 e. The first-order valence-corrected chi connectivity index (χ1v) is 9.28. The number of esters is 1. The number of nitrogens with two attached hydrogens (primary N) is 1. The summed E-state index contributed by atoms with van der Waals surface area (Å²) in [6.07, 6.45) is 0. The fraction of sp³-hybridized carbons (Fsp3) is 0.375. The molecule has 0 aliphatic rings. The summed E-state index contributed by atoms with van der Waals surface area (Å²) in [5.74, 6) is -1.97. The van der Waals surface area contributed by atoms with E-state index in [0.717, 1.165) is 4.68 Å². The zero-order chi connectivity index (χ0) is 20.4. The van der Waals surface area contributed by atoms with Crippen LogP contribution in [0.1, 0.15) is 29.9 Å². The van der Waals surface area contributed by atoms with Gasteiger partial charge in [0.1, 0.15) is 12.4 Å². The predicted octanol–water partition coefficient (Wildman–Crippen LogP) is 0.763. The third kappa shape index (κ3) is 4.43. The SMILES string of the molecule is COc1ccc(COC(=O)c2c(F)c(S(N)(=O)=O)nn2C(C)(C)CO)cc1. The van der Waals surface area contributed by atoms with E-state index >= 15 is 0 Å². The number of carbonyl (C=O) groups excluding carboxylic acids is 1. The normalized spacial score (nSPS) is 12.1. The number of aliphatic hydroxyl groups excluding tert-OH is 1. The molecule has 0 bridgehead atoms. The summed E-state index contributed by atoms with van der Waals surface area (Å²) in [5, 5.41) is 16.9. The molecular formula is C16H20FN3O6S. The van der Waals surface area contributed by atoms with Gasteiger partial charge in [0.05, 0.1) is 19.3 Å². The summed E-state index contributed by atoms with van der Waals surface area (Å²) >= 11 is 0. The van der Waals surface area contributed by atoms with E-state index < -0.39 is 44.7 Å². The minimum absolute atomic E-state index is 0.197. The maximum absolute atomic E-state index is 14.6. The fourth-order valence-corrected chi connectivity index (χ4v) is 2.72. The minimum atomic E-state index is -4.52. The van der Waals surface area contributed by atoms with Crippen molar-refractivity contribution in [2.24, 2.45) is 5.14 Å². The Labute approximate surface area is 155 Å². The van der Waals surface area contributed by atoms with E-state index in [0.29, 0.717) is 11.3 Å². The molecule has 0 spiro atoms. The highest BCUT2D eigenvalue weighted by Gasteiger charge is 2.36. The van der Waals surface area contributed by atoms with Crippen LogP contribution in [0.3, 0.4) is 0 Å². The molecule has 2 rings (SSSR count). The number of benzene rings is 1. The number of sulfonamides is 1. The number of carbonyl (C=O) groups is 1. The lowest BCUT2D eigenvalue weighted by atomic mass is 10.1. The van der Waals surface area contributed by atoms with Crippen LogP contribution in [-0.2, 0) is 26.9 Å². The van der Waals surface area contributed by atoms with Gasteiger partial charge < -0.3 is 14.6 Å². The van der Waals surface area contributed by atoms with Crippen molar-refractivity contribution in [2.45, 2.75) is 31.0 Å². The molecule has 1 aromatic heterocycles. The van der Waals surface area contributed by atoms with Crippen LogP contribution in [-0.4, -0.2) is 43.0 Å². The molecular weight excluding hydrogens is 381 g/mol. The Hall–Kier alpha value is -2.50. The van der Waals surface area contributed by atoms with Crippen LogP contribution < -0.4 is 9.88 Å². The van der Waals surface area contributed by atoms with Gasteiger partial charge in [-0.1, -0.05) is 12.1 Å². The number of nitrogens with zero attached hydrogens (tertiary/aromatic N) is 2. The molecule has 3 N–H and O–H groups in total. The lowest BCUT2D eigenvalue weighted by Gasteiger charge is -2.24. The molecule has 148 valence electrons. The standard InChI is InChI=1S/C16H20FN3O6S/c1-16(2,9-21)20-13(12(17)14(19-20)27(18,23)24)15(22)26-8-10-4-6-11(25-3)7-5-10/h4-7,21H,8-9H2,1-3H3,(H2,18,23,24). The topological polar surface area (TPSA) is 134 Å². The van der Waals surface area contributed by atoms with Gasteiger partial charge in [0, 0.05) is 0 Å². The number of hydrogen-bond donors (Lipinski definition) is 2.